The van der Waals surface area contributed by atoms with Crippen molar-refractivity contribution in [1.29, 1.82) is 0 Å². The molecule has 0 amide bonds. The number of piperazine rings is 1. The van der Waals surface area contributed by atoms with Gasteiger partial charge in [-0.3, -0.25) is 4.98 Å². The number of halogens is 2. The fourth-order valence-electron chi connectivity index (χ4n) is 4.53. The van der Waals surface area contributed by atoms with Gasteiger partial charge in [0.1, 0.15) is 18.3 Å². The number of aromatic nitrogens is 5. The van der Waals surface area contributed by atoms with E-state index in [-0.39, 0.29) is 11.7 Å². The molecular formula is C25H24F2N8. The van der Waals surface area contributed by atoms with Crippen LogP contribution in [0.1, 0.15) is 24.3 Å². The number of hydrogen-bond acceptors (Lipinski definition) is 8. The average Bonchev–Trinajstić information content (AvgIpc) is 3.75. The molecule has 0 bridgehead atoms. The highest BCUT2D eigenvalue weighted by atomic mass is 19.1. The van der Waals surface area contributed by atoms with Crippen molar-refractivity contribution in [2.75, 3.05) is 36.5 Å². The van der Waals surface area contributed by atoms with Gasteiger partial charge in [-0.2, -0.15) is 4.39 Å². The third-order valence-electron chi connectivity index (χ3n) is 6.42. The van der Waals surface area contributed by atoms with Gasteiger partial charge in [-0.25, -0.2) is 24.3 Å². The molecule has 35 heavy (non-hydrogen) atoms. The van der Waals surface area contributed by atoms with E-state index in [1.54, 1.807) is 30.6 Å². The van der Waals surface area contributed by atoms with Crippen LogP contribution >= 0.6 is 0 Å². The molecule has 0 aromatic carbocycles. The second-order valence-electron chi connectivity index (χ2n) is 8.92. The predicted octanol–water partition coefficient (Wildman–Crippen LogP) is 3.99. The molecule has 1 saturated carbocycles. The first-order valence-corrected chi connectivity index (χ1v) is 11.7. The Morgan fingerprint density at radius 1 is 1.11 bits per heavy atom. The Bertz CT molecular complexity index is 1380. The van der Waals surface area contributed by atoms with E-state index < -0.39 is 12.6 Å². The number of nitrogens with one attached hydrogen (secondary N) is 2. The molecule has 4 aromatic rings. The van der Waals surface area contributed by atoms with Crippen molar-refractivity contribution in [3.05, 3.63) is 60.6 Å². The lowest BCUT2D eigenvalue weighted by Gasteiger charge is -2.34. The van der Waals surface area contributed by atoms with Crippen LogP contribution in [0, 0.1) is 5.95 Å². The molecule has 6 rings (SSSR count). The van der Waals surface area contributed by atoms with E-state index in [4.69, 9.17) is 9.97 Å². The maximum atomic E-state index is 14.0. The Morgan fingerprint density at radius 2 is 2.03 bits per heavy atom. The molecule has 0 radical (unpaired) electrons. The molecule has 5 heterocycles. The number of anilines is 3. The summed E-state index contributed by atoms with van der Waals surface area (Å²) in [6.07, 6.45) is 8.94. The van der Waals surface area contributed by atoms with Gasteiger partial charge >= 0.3 is 0 Å². The molecule has 2 fully saturated rings. The first-order chi connectivity index (χ1) is 17.2. The molecule has 0 spiro atoms. The summed E-state index contributed by atoms with van der Waals surface area (Å²) in [5.74, 6) is 1.62. The van der Waals surface area contributed by atoms with Crippen molar-refractivity contribution in [1.82, 2.24) is 30.2 Å². The fraction of sp³-hybridized carbons (Fsp3) is 0.320. The van der Waals surface area contributed by atoms with E-state index in [1.165, 1.54) is 6.20 Å². The highest BCUT2D eigenvalue weighted by molar-refractivity contribution is 5.94. The number of hydrogen-bond donors (Lipinski definition) is 2. The first kappa shape index (κ1) is 21.7. The van der Waals surface area contributed by atoms with E-state index in [0.29, 0.717) is 30.6 Å². The van der Waals surface area contributed by atoms with E-state index in [1.807, 2.05) is 12.3 Å². The minimum absolute atomic E-state index is 0.230. The molecule has 1 saturated heterocycles. The maximum absolute atomic E-state index is 14.0. The summed E-state index contributed by atoms with van der Waals surface area (Å²) >= 11 is 0. The minimum atomic E-state index is -0.608. The third-order valence-corrected chi connectivity index (χ3v) is 6.42. The SMILES string of the molecule is FC[C@H]1CN(c2nc(-c3ccnc(Nc4cccnc4F)c3)nc3cncc(C4CC4)c23)CCN1. The van der Waals surface area contributed by atoms with Crippen LogP contribution in [0.3, 0.4) is 0 Å². The Labute approximate surface area is 200 Å². The summed E-state index contributed by atoms with van der Waals surface area (Å²) in [5, 5.41) is 7.19. The van der Waals surface area contributed by atoms with Crippen LogP contribution < -0.4 is 15.5 Å². The zero-order valence-corrected chi connectivity index (χ0v) is 19.0. The molecule has 1 aliphatic heterocycles. The van der Waals surface area contributed by atoms with Gasteiger partial charge in [-0.15, -0.1) is 0 Å². The summed E-state index contributed by atoms with van der Waals surface area (Å²) in [5.41, 5.74) is 2.87. The second-order valence-corrected chi connectivity index (χ2v) is 8.92. The smallest absolute Gasteiger partial charge is 0.236 e. The topological polar surface area (TPSA) is 91.8 Å². The summed E-state index contributed by atoms with van der Waals surface area (Å²) in [7, 11) is 0. The van der Waals surface area contributed by atoms with Crippen LogP contribution in [0.2, 0.25) is 0 Å². The molecule has 4 aromatic heterocycles. The normalized spacial score (nSPS) is 18.1. The third kappa shape index (κ3) is 4.37. The van der Waals surface area contributed by atoms with Crippen LogP contribution in [-0.2, 0) is 0 Å². The first-order valence-electron chi connectivity index (χ1n) is 11.7. The lowest BCUT2D eigenvalue weighted by molar-refractivity contribution is 0.352. The number of rotatable bonds is 6. The van der Waals surface area contributed by atoms with Crippen LogP contribution in [0.5, 0.6) is 0 Å². The minimum Gasteiger partial charge on any atom is -0.353 e. The summed E-state index contributed by atoms with van der Waals surface area (Å²) < 4.78 is 27.5. The quantitative estimate of drug-likeness (QED) is 0.406. The number of alkyl halides is 1. The van der Waals surface area contributed by atoms with Gasteiger partial charge in [-0.05, 0) is 48.6 Å². The molecule has 8 nitrogen and oxygen atoms in total. The van der Waals surface area contributed by atoms with Crippen LogP contribution in [0.15, 0.2) is 49.1 Å². The van der Waals surface area contributed by atoms with Gasteiger partial charge in [0.2, 0.25) is 5.95 Å². The van der Waals surface area contributed by atoms with Crippen LogP contribution in [0.25, 0.3) is 22.3 Å². The lowest BCUT2D eigenvalue weighted by Crippen LogP contribution is -2.52. The molecule has 2 N–H and O–H groups in total. The zero-order valence-electron chi connectivity index (χ0n) is 19.0. The Kier molecular flexibility index (Phi) is 5.65. The predicted molar refractivity (Wildman–Crippen MR) is 130 cm³/mol. The average molecular weight is 475 g/mol. The Hall–Kier alpha value is -3.79. The zero-order chi connectivity index (χ0) is 23.8. The van der Waals surface area contributed by atoms with Crippen molar-refractivity contribution >= 4 is 28.2 Å². The highest BCUT2D eigenvalue weighted by Gasteiger charge is 2.30. The van der Waals surface area contributed by atoms with Crippen molar-refractivity contribution < 1.29 is 8.78 Å². The van der Waals surface area contributed by atoms with E-state index in [0.717, 1.165) is 47.2 Å². The van der Waals surface area contributed by atoms with Gasteiger partial charge in [0.15, 0.2) is 5.82 Å². The van der Waals surface area contributed by atoms with E-state index >= 15 is 0 Å². The monoisotopic (exact) mass is 474 g/mol. The van der Waals surface area contributed by atoms with Crippen molar-refractivity contribution in [3.63, 3.8) is 0 Å². The van der Waals surface area contributed by atoms with Gasteiger partial charge in [0.05, 0.1) is 23.4 Å². The summed E-state index contributed by atoms with van der Waals surface area (Å²) in [6, 6.07) is 6.59. The highest BCUT2D eigenvalue weighted by Crippen LogP contribution is 2.45. The van der Waals surface area contributed by atoms with Gasteiger partial charge in [-0.1, -0.05) is 0 Å². The van der Waals surface area contributed by atoms with Crippen molar-refractivity contribution in [2.45, 2.75) is 24.8 Å². The largest absolute Gasteiger partial charge is 0.353 e. The molecule has 178 valence electrons. The molecule has 0 unspecified atom stereocenters. The molecule has 1 aliphatic carbocycles. The number of nitrogens with zero attached hydrogens (tertiary/aromatic N) is 6. The number of fused-ring (bicyclic) bond motifs is 1. The van der Waals surface area contributed by atoms with Gasteiger partial charge in [0, 0.05) is 49.2 Å². The fourth-order valence-corrected chi connectivity index (χ4v) is 4.53. The van der Waals surface area contributed by atoms with E-state index in [9.17, 15) is 8.78 Å². The molecule has 1 atom stereocenters. The van der Waals surface area contributed by atoms with Crippen molar-refractivity contribution in [2.24, 2.45) is 0 Å². The van der Waals surface area contributed by atoms with Gasteiger partial charge < -0.3 is 15.5 Å². The Morgan fingerprint density at radius 3 is 2.86 bits per heavy atom. The number of pyridine rings is 3. The standard InChI is InChI=1S/C25H24F2N8/c26-11-17-14-35(9-8-29-17)25-22-18(15-3-4-15)12-28-13-20(22)33-24(34-25)16-5-7-30-21(10-16)32-19-2-1-6-31-23(19)27/h1-2,5-7,10,12-13,15,17,29H,3-4,8-9,11,14H2,(H,30,32)/t17-/m0/s1. The maximum Gasteiger partial charge on any atom is 0.236 e. The van der Waals surface area contributed by atoms with Crippen LogP contribution in [0.4, 0.5) is 26.1 Å². The van der Waals surface area contributed by atoms with Crippen LogP contribution in [-0.4, -0.2) is 57.3 Å². The van der Waals surface area contributed by atoms with Gasteiger partial charge in [0.25, 0.3) is 0 Å². The molecule has 10 heteroatoms. The van der Waals surface area contributed by atoms with E-state index in [2.05, 4.69) is 30.5 Å². The summed E-state index contributed by atoms with van der Waals surface area (Å²) in [4.78, 5) is 24.4. The second kappa shape index (κ2) is 9.10. The van der Waals surface area contributed by atoms with Crippen molar-refractivity contribution in [3.8, 4) is 11.4 Å². The molecule has 2 aliphatic rings. The Balaban J connectivity index is 1.44. The molecular weight excluding hydrogens is 450 g/mol. The summed E-state index contributed by atoms with van der Waals surface area (Å²) in [6.45, 7) is 1.49. The lowest BCUT2D eigenvalue weighted by atomic mass is 10.1.